The number of hydrogen-bond acceptors (Lipinski definition) is 9. The van der Waals surface area contributed by atoms with Gasteiger partial charge in [0.05, 0.1) is 17.0 Å². The third-order valence-electron chi connectivity index (χ3n) is 11.9. The van der Waals surface area contributed by atoms with Crippen LogP contribution in [0.2, 0.25) is 0 Å². The fourth-order valence-electron chi connectivity index (χ4n) is 8.56. The summed E-state index contributed by atoms with van der Waals surface area (Å²) in [6.45, 7) is 5.10. The van der Waals surface area contributed by atoms with Gasteiger partial charge in [0.2, 0.25) is 5.56 Å². The second-order valence-electron chi connectivity index (χ2n) is 15.4. The van der Waals surface area contributed by atoms with Crippen LogP contribution in [0.3, 0.4) is 0 Å². The molecule has 0 radical (unpaired) electrons. The number of hydrogen-bond donors (Lipinski definition) is 4. The van der Waals surface area contributed by atoms with Crippen molar-refractivity contribution in [3.05, 3.63) is 141 Å². The predicted molar refractivity (Wildman–Crippen MR) is 212 cm³/mol. The van der Waals surface area contributed by atoms with Crippen molar-refractivity contribution >= 4 is 22.8 Å². The molecular weight excluding hydrogens is 709 g/mol. The number of aromatic amines is 1. The van der Waals surface area contributed by atoms with Crippen LogP contribution in [0.5, 0.6) is 11.5 Å². The van der Waals surface area contributed by atoms with Crippen molar-refractivity contribution in [2.24, 2.45) is 5.92 Å². The van der Waals surface area contributed by atoms with Crippen molar-refractivity contribution in [3.8, 4) is 11.5 Å². The molecule has 0 aliphatic carbocycles. The maximum absolute atomic E-state index is 14.0. The van der Waals surface area contributed by atoms with Gasteiger partial charge in [-0.1, -0.05) is 60.7 Å². The third kappa shape index (κ3) is 7.93. The Morgan fingerprint density at radius 1 is 0.857 bits per heavy atom. The van der Waals surface area contributed by atoms with Crippen molar-refractivity contribution in [1.82, 2.24) is 20.1 Å². The van der Waals surface area contributed by atoms with E-state index in [9.17, 15) is 24.6 Å². The highest BCUT2D eigenvalue weighted by atomic mass is 16.5. The molecule has 4 aromatic carbocycles. The number of aliphatic hydroxyl groups is 1. The standard InChI is InChI=1S/C45H48N4O7/c50-38-16-14-36(37-15-17-41(52)47-42(37)38)39(51)27-46-26-30-6-8-31(9-7-30)29-55-35-12-10-33(11-13-35)43(53)49-24-20-45(21-25-49,34-4-2-1-3-5-34)44(54)56-40-28-48-22-18-32(40)19-23-48/h1-17,32,39-40,46,50-51H,18-29H2,(H,47,52)/t39-,40-/m0/s1. The number of carbonyl (C=O) groups is 2. The molecule has 1 aromatic heterocycles. The number of H-pyrrole nitrogens is 1. The van der Waals surface area contributed by atoms with Gasteiger partial charge in [0.25, 0.3) is 5.91 Å². The average molecular weight is 757 g/mol. The van der Waals surface area contributed by atoms with Crippen LogP contribution < -0.4 is 15.6 Å². The third-order valence-corrected chi connectivity index (χ3v) is 11.9. The fraction of sp³-hybridized carbons (Fsp3) is 0.356. The van der Waals surface area contributed by atoms with Gasteiger partial charge in [-0.05, 0) is 103 Å². The van der Waals surface area contributed by atoms with E-state index in [1.54, 1.807) is 24.3 Å². The molecule has 2 bridgehead atoms. The quantitative estimate of drug-likeness (QED) is 0.122. The number of benzene rings is 4. The number of phenols is 1. The number of likely N-dealkylation sites (tertiary alicyclic amines) is 1. The van der Waals surface area contributed by atoms with E-state index in [0.717, 1.165) is 49.2 Å². The SMILES string of the molecule is O=C(c1ccc(OCc2ccc(CNC[C@H](O)c3ccc(O)c4[nH]c(=O)ccc34)cc2)cc1)N1CCC(C(=O)O[C@H]2CN3CCC2CC3)(c2ccccc2)CC1. The Labute approximate surface area is 325 Å². The summed E-state index contributed by atoms with van der Waals surface area (Å²) in [7, 11) is 0. The van der Waals surface area contributed by atoms with Gasteiger partial charge >= 0.3 is 5.97 Å². The molecule has 4 saturated heterocycles. The Morgan fingerprint density at radius 3 is 2.27 bits per heavy atom. The summed E-state index contributed by atoms with van der Waals surface area (Å²) in [5.74, 6) is 0.832. The minimum atomic E-state index is -0.840. The number of amides is 1. The minimum absolute atomic E-state index is 0.0437. The zero-order chi connectivity index (χ0) is 38.6. The van der Waals surface area contributed by atoms with Crippen LogP contribution >= 0.6 is 0 Å². The molecule has 5 heterocycles. The number of phenolic OH excluding ortho intramolecular Hbond substituents is 1. The lowest BCUT2D eigenvalue weighted by molar-refractivity contribution is -0.167. The first-order valence-electron chi connectivity index (χ1n) is 19.6. The van der Waals surface area contributed by atoms with E-state index in [1.165, 1.54) is 12.1 Å². The van der Waals surface area contributed by atoms with Crippen LogP contribution in [-0.4, -0.2) is 82.2 Å². The van der Waals surface area contributed by atoms with Gasteiger partial charge in [-0.15, -0.1) is 0 Å². The number of rotatable bonds is 12. The van der Waals surface area contributed by atoms with Crippen molar-refractivity contribution in [1.29, 1.82) is 0 Å². The zero-order valence-electron chi connectivity index (χ0n) is 31.4. The number of fused-ring (bicyclic) bond motifs is 4. The van der Waals surface area contributed by atoms with Crippen LogP contribution in [0.1, 0.15) is 64.4 Å². The number of ether oxygens (including phenoxy) is 2. The number of nitrogens with one attached hydrogen (secondary N) is 2. The Bertz CT molecular complexity index is 2210. The van der Waals surface area contributed by atoms with Crippen molar-refractivity contribution in [2.75, 3.05) is 39.3 Å². The van der Waals surface area contributed by atoms with Gasteiger partial charge < -0.3 is 34.9 Å². The zero-order valence-corrected chi connectivity index (χ0v) is 31.4. The van der Waals surface area contributed by atoms with Crippen LogP contribution in [0.4, 0.5) is 0 Å². The summed E-state index contributed by atoms with van der Waals surface area (Å²) in [5, 5.41) is 24.8. The molecule has 0 spiro atoms. The van der Waals surface area contributed by atoms with Crippen LogP contribution in [0.25, 0.3) is 10.9 Å². The molecule has 0 saturated carbocycles. The van der Waals surface area contributed by atoms with E-state index in [1.807, 2.05) is 71.6 Å². The highest BCUT2D eigenvalue weighted by molar-refractivity contribution is 5.95. The lowest BCUT2D eigenvalue weighted by atomic mass is 9.72. The monoisotopic (exact) mass is 756 g/mol. The summed E-state index contributed by atoms with van der Waals surface area (Å²) in [6.07, 6.45) is 2.29. The predicted octanol–water partition coefficient (Wildman–Crippen LogP) is 5.45. The molecule has 4 N–H and O–H groups in total. The van der Waals surface area contributed by atoms with E-state index < -0.39 is 11.5 Å². The first-order valence-corrected chi connectivity index (χ1v) is 19.6. The van der Waals surface area contributed by atoms with Gasteiger partial charge in [0, 0.05) is 49.7 Å². The smallest absolute Gasteiger partial charge is 0.317 e. The Balaban J connectivity index is 0.815. The molecule has 2 atom stereocenters. The van der Waals surface area contributed by atoms with Crippen LogP contribution in [-0.2, 0) is 28.1 Å². The summed E-state index contributed by atoms with van der Waals surface area (Å²) < 4.78 is 12.3. The van der Waals surface area contributed by atoms with Gasteiger partial charge in [0.1, 0.15) is 24.2 Å². The highest BCUT2D eigenvalue weighted by Gasteiger charge is 2.47. The first kappa shape index (κ1) is 37.4. The van der Waals surface area contributed by atoms with Gasteiger partial charge in [-0.2, -0.15) is 0 Å². The second kappa shape index (κ2) is 16.3. The summed E-state index contributed by atoms with van der Waals surface area (Å²) in [6, 6.07) is 31.3. The van der Waals surface area contributed by atoms with E-state index in [2.05, 4.69) is 15.2 Å². The molecule has 4 aliphatic heterocycles. The van der Waals surface area contributed by atoms with Gasteiger partial charge in [0.15, 0.2) is 0 Å². The van der Waals surface area contributed by atoms with Crippen molar-refractivity contribution in [3.63, 3.8) is 0 Å². The fourth-order valence-corrected chi connectivity index (χ4v) is 8.56. The molecule has 5 aromatic rings. The molecule has 4 fully saturated rings. The Hall–Kier alpha value is -5.49. The first-order chi connectivity index (χ1) is 27.3. The molecule has 56 heavy (non-hydrogen) atoms. The second-order valence-corrected chi connectivity index (χ2v) is 15.4. The number of nitrogens with zero attached hydrogens (tertiary/aromatic N) is 2. The molecule has 290 valence electrons. The molecule has 4 aliphatic rings. The molecular formula is C45H48N4O7. The summed E-state index contributed by atoms with van der Waals surface area (Å²) in [5.41, 5.74) is 3.39. The summed E-state index contributed by atoms with van der Waals surface area (Å²) >= 11 is 0. The van der Waals surface area contributed by atoms with Crippen molar-refractivity contribution < 1.29 is 29.3 Å². The molecule has 1 amide bonds. The number of aromatic nitrogens is 1. The minimum Gasteiger partial charge on any atom is -0.506 e. The van der Waals surface area contributed by atoms with Gasteiger partial charge in [-0.3, -0.25) is 19.3 Å². The van der Waals surface area contributed by atoms with E-state index >= 15 is 0 Å². The van der Waals surface area contributed by atoms with Gasteiger partial charge in [-0.25, -0.2) is 0 Å². The lowest BCUT2D eigenvalue weighted by Crippen LogP contribution is -2.55. The maximum atomic E-state index is 14.0. The molecule has 9 rings (SSSR count). The topological polar surface area (TPSA) is 144 Å². The van der Waals surface area contributed by atoms with E-state index in [4.69, 9.17) is 9.47 Å². The van der Waals surface area contributed by atoms with E-state index in [0.29, 0.717) is 72.8 Å². The maximum Gasteiger partial charge on any atom is 0.317 e. The number of aromatic hydroxyl groups is 1. The number of aliphatic hydroxyl groups excluding tert-OH is 1. The number of pyridine rings is 1. The van der Waals surface area contributed by atoms with Crippen molar-refractivity contribution in [2.45, 2.75) is 56.5 Å². The van der Waals surface area contributed by atoms with E-state index in [-0.39, 0.29) is 35.8 Å². The largest absolute Gasteiger partial charge is 0.506 e. The average Bonchev–Trinajstić information content (AvgIpc) is 3.24. The molecule has 11 nitrogen and oxygen atoms in total. The summed E-state index contributed by atoms with van der Waals surface area (Å²) in [4.78, 5) is 46.2. The molecule has 0 unspecified atom stereocenters. The number of piperidine rings is 4. The highest BCUT2D eigenvalue weighted by Crippen LogP contribution is 2.39. The van der Waals surface area contributed by atoms with Crippen LogP contribution in [0, 0.1) is 5.92 Å². The molecule has 11 heteroatoms. The lowest BCUT2D eigenvalue weighted by Gasteiger charge is -2.46. The normalized spacial score (nSPS) is 20.7. The number of esters is 1. The Morgan fingerprint density at radius 2 is 1.57 bits per heavy atom. The number of carbonyl (C=O) groups excluding carboxylic acids is 2. The van der Waals surface area contributed by atoms with Crippen LogP contribution in [0.15, 0.2) is 108 Å². The Kier molecular flexibility index (Phi) is 10.9.